The average molecular weight is 257 g/mol. The van der Waals surface area contributed by atoms with Crippen molar-refractivity contribution in [1.82, 2.24) is 0 Å². The monoisotopic (exact) mass is 258 g/mol. The Morgan fingerprint density at radius 3 is 2.27 bits per heavy atom. The second-order valence-electron chi connectivity index (χ2n) is 5.14. The van der Waals surface area contributed by atoms with Crippen LogP contribution in [0.25, 0.3) is 0 Å². The Labute approximate surface area is 73.9 Å². The number of allylic oxidation sites excluding steroid dienone is 2. The van der Waals surface area contributed by atoms with Crippen molar-refractivity contribution in [2.24, 2.45) is 11.8 Å². The molecule has 2 rings (SSSR count). The zero-order chi connectivity index (χ0) is 8.06. The van der Waals surface area contributed by atoms with Gasteiger partial charge in [0.05, 0.1) is 0 Å². The van der Waals surface area contributed by atoms with Crippen molar-refractivity contribution in [1.29, 1.82) is 0 Å². The normalized spacial score (nSPS) is 36.1. The van der Waals surface area contributed by atoms with E-state index in [0.29, 0.717) is 0 Å². The van der Waals surface area contributed by atoms with Gasteiger partial charge in [-0.15, -0.1) is 0 Å². The number of hydrogen-bond donors (Lipinski definition) is 0. The van der Waals surface area contributed by atoms with Crippen LogP contribution >= 0.6 is 0 Å². The van der Waals surface area contributed by atoms with Crippen LogP contribution in [0.1, 0.15) is 19.3 Å². The van der Waals surface area contributed by atoms with Gasteiger partial charge >= 0.3 is 74.0 Å². The summed E-state index contributed by atoms with van der Waals surface area (Å²) >= 11 is -1.61. The van der Waals surface area contributed by atoms with Crippen LogP contribution in [0.2, 0.25) is 14.8 Å². The molecule has 2 atom stereocenters. The summed E-state index contributed by atoms with van der Waals surface area (Å²) < 4.78 is 1.95. The zero-order valence-corrected chi connectivity index (χ0v) is 10.7. The molecule has 1 saturated carbocycles. The van der Waals surface area contributed by atoms with E-state index in [9.17, 15) is 0 Å². The standard InChI is InChI=1S/C7H9.3CH3.Sn/c1-2-7-4-3-6(1)5-7;;;;/h1,6-7H,3-5H2;3*1H3;. The third-order valence-corrected chi connectivity index (χ3v) is 9.78. The van der Waals surface area contributed by atoms with Crippen LogP contribution in [0.5, 0.6) is 0 Å². The molecule has 0 aliphatic heterocycles. The molecular weight excluding hydrogens is 239 g/mol. The summed E-state index contributed by atoms with van der Waals surface area (Å²) in [5.41, 5.74) is 0. The van der Waals surface area contributed by atoms with E-state index in [0.717, 1.165) is 11.8 Å². The molecule has 1 heteroatoms. The van der Waals surface area contributed by atoms with E-state index in [2.05, 4.69) is 20.9 Å². The van der Waals surface area contributed by atoms with Crippen LogP contribution in [-0.4, -0.2) is 18.4 Å². The molecule has 0 aromatic rings. The fraction of sp³-hybridized carbons (Fsp3) is 0.800. The minimum atomic E-state index is -1.61. The van der Waals surface area contributed by atoms with E-state index >= 15 is 0 Å². The molecule has 1 fully saturated rings. The topological polar surface area (TPSA) is 0 Å². The third-order valence-electron chi connectivity index (χ3n) is 3.19. The quantitative estimate of drug-likeness (QED) is 0.632. The molecule has 62 valence electrons. The predicted octanol–water partition coefficient (Wildman–Crippen LogP) is 3.22. The fourth-order valence-corrected chi connectivity index (χ4v) is 9.05. The van der Waals surface area contributed by atoms with Crippen LogP contribution in [0.4, 0.5) is 0 Å². The molecule has 0 saturated heterocycles. The van der Waals surface area contributed by atoms with Gasteiger partial charge in [-0.2, -0.15) is 0 Å². The average Bonchev–Trinajstić information content (AvgIpc) is 2.42. The molecule has 11 heavy (non-hydrogen) atoms. The maximum absolute atomic E-state index is 2.64. The summed E-state index contributed by atoms with van der Waals surface area (Å²) in [6.45, 7) is 0. The summed E-state index contributed by atoms with van der Waals surface area (Å²) in [5, 5.41) is 0. The number of hydrogen-bond acceptors (Lipinski definition) is 0. The Hall–Kier alpha value is 0.539. The van der Waals surface area contributed by atoms with Crippen LogP contribution in [0, 0.1) is 11.8 Å². The Kier molecular flexibility index (Phi) is 1.86. The van der Waals surface area contributed by atoms with E-state index in [1.54, 1.807) is 0 Å². The summed E-state index contributed by atoms with van der Waals surface area (Å²) in [6, 6.07) is 0. The first-order chi connectivity index (χ1) is 5.07. The molecule has 2 aliphatic rings. The summed E-state index contributed by atoms with van der Waals surface area (Å²) in [6.07, 6.45) is 7.18. The minimum absolute atomic E-state index is 1.01. The third kappa shape index (κ3) is 1.39. The van der Waals surface area contributed by atoms with E-state index in [1.165, 1.54) is 19.3 Å². The molecule has 0 nitrogen and oxygen atoms in total. The molecule has 0 heterocycles. The first kappa shape index (κ1) is 8.15. The van der Waals surface area contributed by atoms with Gasteiger partial charge in [-0.1, -0.05) is 0 Å². The van der Waals surface area contributed by atoms with Gasteiger partial charge in [-0.3, -0.25) is 0 Å². The van der Waals surface area contributed by atoms with Crippen molar-refractivity contribution in [2.75, 3.05) is 0 Å². The zero-order valence-electron chi connectivity index (χ0n) is 7.85. The SMILES string of the molecule is [CH3][Sn]([CH3])([CH3])[C]1=CC2CCC1C2. The van der Waals surface area contributed by atoms with Gasteiger partial charge in [0.1, 0.15) is 0 Å². The van der Waals surface area contributed by atoms with Gasteiger partial charge in [0.15, 0.2) is 0 Å². The second-order valence-corrected chi connectivity index (χ2v) is 19.6. The summed E-state index contributed by atoms with van der Waals surface area (Å²) in [7, 11) is 0. The Morgan fingerprint density at radius 1 is 1.27 bits per heavy atom. The van der Waals surface area contributed by atoms with E-state index < -0.39 is 18.4 Å². The summed E-state index contributed by atoms with van der Waals surface area (Å²) in [5.74, 6) is 2.06. The number of rotatable bonds is 1. The predicted molar refractivity (Wildman–Crippen MR) is 52.3 cm³/mol. The van der Waals surface area contributed by atoms with Crippen LogP contribution in [-0.2, 0) is 0 Å². The fourth-order valence-electron chi connectivity index (χ4n) is 2.70. The van der Waals surface area contributed by atoms with Gasteiger partial charge in [0.2, 0.25) is 0 Å². The molecular formula is C10H18Sn. The molecule has 2 bridgehead atoms. The van der Waals surface area contributed by atoms with Crippen molar-refractivity contribution in [3.8, 4) is 0 Å². The van der Waals surface area contributed by atoms with Crippen LogP contribution in [0.3, 0.4) is 0 Å². The summed E-state index contributed by atoms with van der Waals surface area (Å²) in [4.78, 5) is 7.67. The van der Waals surface area contributed by atoms with Crippen LogP contribution in [0.15, 0.2) is 9.67 Å². The van der Waals surface area contributed by atoms with Crippen molar-refractivity contribution >= 4 is 18.4 Å². The van der Waals surface area contributed by atoms with E-state index in [1.807, 2.05) is 3.59 Å². The van der Waals surface area contributed by atoms with Crippen LogP contribution < -0.4 is 0 Å². The van der Waals surface area contributed by atoms with Gasteiger partial charge in [-0.05, 0) is 0 Å². The first-order valence-electron chi connectivity index (χ1n) is 4.79. The molecule has 0 aromatic carbocycles. The molecule has 0 aromatic heterocycles. The van der Waals surface area contributed by atoms with Crippen molar-refractivity contribution in [3.63, 3.8) is 0 Å². The molecule has 0 N–H and O–H groups in total. The second kappa shape index (κ2) is 2.51. The van der Waals surface area contributed by atoms with Gasteiger partial charge in [0.25, 0.3) is 0 Å². The Morgan fingerprint density at radius 2 is 2.00 bits per heavy atom. The Balaban J connectivity index is 2.23. The van der Waals surface area contributed by atoms with E-state index in [-0.39, 0.29) is 0 Å². The molecule has 2 aliphatic carbocycles. The van der Waals surface area contributed by atoms with Crippen molar-refractivity contribution < 1.29 is 0 Å². The number of fused-ring (bicyclic) bond motifs is 2. The van der Waals surface area contributed by atoms with Crippen molar-refractivity contribution in [2.45, 2.75) is 34.1 Å². The maximum atomic E-state index is 2.64. The Bertz CT molecular complexity index is 197. The van der Waals surface area contributed by atoms with Gasteiger partial charge < -0.3 is 0 Å². The molecule has 0 spiro atoms. The first-order valence-corrected chi connectivity index (χ1v) is 14.8. The molecule has 0 amide bonds. The van der Waals surface area contributed by atoms with Crippen molar-refractivity contribution in [3.05, 3.63) is 9.67 Å². The van der Waals surface area contributed by atoms with Gasteiger partial charge in [0, 0.05) is 0 Å². The van der Waals surface area contributed by atoms with Gasteiger partial charge in [-0.25, -0.2) is 0 Å². The molecule has 0 radical (unpaired) electrons. The molecule has 2 unspecified atom stereocenters. The van der Waals surface area contributed by atoms with E-state index in [4.69, 9.17) is 0 Å².